The summed E-state index contributed by atoms with van der Waals surface area (Å²) in [6, 6.07) is 0. The highest BCUT2D eigenvalue weighted by Crippen LogP contribution is 2.48. The molecule has 0 heterocycles. The van der Waals surface area contributed by atoms with Gasteiger partial charge in [0.2, 0.25) is 0 Å². The lowest BCUT2D eigenvalue weighted by Crippen LogP contribution is -2.07. The molecule has 1 fully saturated rings. The lowest BCUT2D eigenvalue weighted by molar-refractivity contribution is 0.128. The smallest absolute Gasteiger partial charge is 0.0487 e. The van der Waals surface area contributed by atoms with E-state index in [2.05, 4.69) is 0 Å². The molecule has 0 radical (unpaired) electrons. The molecule has 1 saturated carbocycles. The van der Waals surface area contributed by atoms with Crippen LogP contribution in [-0.2, 0) is 4.74 Å². The molecule has 1 rings (SSSR count). The van der Waals surface area contributed by atoms with Crippen LogP contribution in [0.5, 0.6) is 0 Å². The third kappa shape index (κ3) is 2.80. The lowest BCUT2D eigenvalue weighted by atomic mass is 10.0. The molecule has 0 bridgehead atoms. The van der Waals surface area contributed by atoms with Gasteiger partial charge in [-0.15, -0.1) is 0 Å². The topological polar surface area (TPSA) is 29.5 Å². The normalized spacial score (nSPS) is 20.2. The van der Waals surface area contributed by atoms with Gasteiger partial charge in [-0.3, -0.25) is 0 Å². The second-order valence-corrected chi connectivity index (χ2v) is 3.46. The predicted octanol–water partition coefficient (Wildman–Crippen LogP) is 1.58. The van der Waals surface area contributed by atoms with Crippen LogP contribution in [0.15, 0.2) is 0 Å². The van der Waals surface area contributed by atoms with E-state index in [1.807, 2.05) is 6.92 Å². The Morgan fingerprint density at radius 3 is 2.64 bits per heavy atom. The summed E-state index contributed by atoms with van der Waals surface area (Å²) < 4.78 is 5.22. The number of aliphatic hydroxyl groups excluding tert-OH is 1. The molecule has 1 aliphatic rings. The van der Waals surface area contributed by atoms with Crippen molar-refractivity contribution < 1.29 is 9.84 Å². The molecule has 1 aliphatic carbocycles. The Morgan fingerprint density at radius 2 is 2.18 bits per heavy atom. The van der Waals surface area contributed by atoms with Crippen molar-refractivity contribution in [3.63, 3.8) is 0 Å². The van der Waals surface area contributed by atoms with E-state index in [4.69, 9.17) is 9.84 Å². The molecule has 0 aromatic carbocycles. The first-order chi connectivity index (χ1) is 5.33. The maximum atomic E-state index is 8.97. The second-order valence-electron chi connectivity index (χ2n) is 3.46. The Kier molecular flexibility index (Phi) is 3.34. The quantitative estimate of drug-likeness (QED) is 0.595. The number of aliphatic hydroxyl groups is 1. The van der Waals surface area contributed by atoms with Gasteiger partial charge >= 0.3 is 0 Å². The van der Waals surface area contributed by atoms with Crippen LogP contribution in [0.3, 0.4) is 0 Å². The van der Waals surface area contributed by atoms with Crippen molar-refractivity contribution in [1.29, 1.82) is 0 Å². The van der Waals surface area contributed by atoms with Crippen LogP contribution in [0.1, 0.15) is 32.6 Å². The standard InChI is InChI=1S/C9H18O2/c1-2-11-7-3-4-9(8-10)5-6-9/h10H,2-8H2,1H3. The van der Waals surface area contributed by atoms with Gasteiger partial charge in [-0.25, -0.2) is 0 Å². The molecule has 0 amide bonds. The summed E-state index contributed by atoms with van der Waals surface area (Å²) in [7, 11) is 0. The van der Waals surface area contributed by atoms with Crippen molar-refractivity contribution in [2.75, 3.05) is 19.8 Å². The van der Waals surface area contributed by atoms with E-state index in [1.165, 1.54) is 12.8 Å². The third-order valence-corrected chi connectivity index (χ3v) is 2.49. The maximum Gasteiger partial charge on any atom is 0.0487 e. The molecular weight excluding hydrogens is 140 g/mol. The van der Waals surface area contributed by atoms with Gasteiger partial charge < -0.3 is 9.84 Å². The zero-order valence-electron chi connectivity index (χ0n) is 7.31. The van der Waals surface area contributed by atoms with Crippen molar-refractivity contribution in [2.24, 2.45) is 5.41 Å². The van der Waals surface area contributed by atoms with Crippen LogP contribution in [0, 0.1) is 5.41 Å². The van der Waals surface area contributed by atoms with Crippen LogP contribution < -0.4 is 0 Å². The van der Waals surface area contributed by atoms with Crippen LogP contribution in [0.2, 0.25) is 0 Å². The van der Waals surface area contributed by atoms with Crippen LogP contribution >= 0.6 is 0 Å². The largest absolute Gasteiger partial charge is 0.396 e. The molecule has 0 unspecified atom stereocenters. The minimum absolute atomic E-state index is 0.317. The zero-order valence-corrected chi connectivity index (χ0v) is 7.31. The van der Waals surface area contributed by atoms with Gasteiger partial charge in [0.25, 0.3) is 0 Å². The number of hydrogen-bond acceptors (Lipinski definition) is 2. The lowest BCUT2D eigenvalue weighted by Gasteiger charge is -2.10. The summed E-state index contributed by atoms with van der Waals surface area (Å²) in [5.74, 6) is 0. The van der Waals surface area contributed by atoms with E-state index in [0.29, 0.717) is 12.0 Å². The van der Waals surface area contributed by atoms with Gasteiger partial charge in [-0.2, -0.15) is 0 Å². The fraction of sp³-hybridized carbons (Fsp3) is 1.00. The third-order valence-electron chi connectivity index (χ3n) is 2.49. The Labute approximate surface area is 68.6 Å². The summed E-state index contributed by atoms with van der Waals surface area (Å²) in [6.45, 7) is 4.06. The Bertz CT molecular complexity index is 108. The van der Waals surface area contributed by atoms with Gasteiger partial charge in [0.15, 0.2) is 0 Å². The molecule has 0 spiro atoms. The molecule has 11 heavy (non-hydrogen) atoms. The molecule has 0 aliphatic heterocycles. The fourth-order valence-corrected chi connectivity index (χ4v) is 1.36. The number of ether oxygens (including phenoxy) is 1. The molecule has 0 atom stereocenters. The fourth-order valence-electron chi connectivity index (χ4n) is 1.36. The van der Waals surface area contributed by atoms with E-state index in [9.17, 15) is 0 Å². The highest BCUT2D eigenvalue weighted by atomic mass is 16.5. The van der Waals surface area contributed by atoms with E-state index in [-0.39, 0.29) is 0 Å². The SMILES string of the molecule is CCOCCCC1(CO)CC1. The highest BCUT2D eigenvalue weighted by Gasteiger charge is 2.40. The Morgan fingerprint density at radius 1 is 1.45 bits per heavy atom. The first-order valence-electron chi connectivity index (χ1n) is 4.51. The van der Waals surface area contributed by atoms with Crippen LogP contribution in [0.25, 0.3) is 0 Å². The van der Waals surface area contributed by atoms with Crippen molar-refractivity contribution >= 4 is 0 Å². The predicted molar refractivity (Wildman–Crippen MR) is 44.5 cm³/mol. The second kappa shape index (κ2) is 4.07. The summed E-state index contributed by atoms with van der Waals surface area (Å²) in [4.78, 5) is 0. The van der Waals surface area contributed by atoms with Gasteiger partial charge in [-0.05, 0) is 38.0 Å². The van der Waals surface area contributed by atoms with Gasteiger partial charge in [-0.1, -0.05) is 0 Å². The minimum Gasteiger partial charge on any atom is -0.396 e. The first kappa shape index (κ1) is 9.01. The van der Waals surface area contributed by atoms with Crippen molar-refractivity contribution in [3.05, 3.63) is 0 Å². The first-order valence-corrected chi connectivity index (χ1v) is 4.51. The van der Waals surface area contributed by atoms with E-state index >= 15 is 0 Å². The number of rotatable bonds is 6. The summed E-state index contributed by atoms with van der Waals surface area (Å²) in [5, 5.41) is 8.97. The maximum absolute atomic E-state index is 8.97. The van der Waals surface area contributed by atoms with E-state index in [0.717, 1.165) is 26.1 Å². The monoisotopic (exact) mass is 158 g/mol. The summed E-state index contributed by atoms with van der Waals surface area (Å²) in [6.07, 6.45) is 4.68. The molecule has 0 aromatic heterocycles. The molecule has 2 nitrogen and oxygen atoms in total. The van der Waals surface area contributed by atoms with Gasteiger partial charge in [0.05, 0.1) is 0 Å². The molecule has 0 aromatic rings. The average molecular weight is 158 g/mol. The van der Waals surface area contributed by atoms with Crippen molar-refractivity contribution in [3.8, 4) is 0 Å². The average Bonchev–Trinajstić information content (AvgIpc) is 2.80. The molecular formula is C9H18O2. The van der Waals surface area contributed by atoms with Gasteiger partial charge in [0, 0.05) is 19.8 Å². The van der Waals surface area contributed by atoms with Crippen LogP contribution in [-0.4, -0.2) is 24.9 Å². The molecule has 66 valence electrons. The summed E-state index contributed by atoms with van der Waals surface area (Å²) in [5.41, 5.74) is 0.317. The van der Waals surface area contributed by atoms with E-state index in [1.54, 1.807) is 0 Å². The molecule has 1 N–H and O–H groups in total. The molecule has 2 heteroatoms. The highest BCUT2D eigenvalue weighted by molar-refractivity contribution is 4.91. The molecule has 0 saturated heterocycles. The van der Waals surface area contributed by atoms with Crippen molar-refractivity contribution in [1.82, 2.24) is 0 Å². The van der Waals surface area contributed by atoms with E-state index < -0.39 is 0 Å². The van der Waals surface area contributed by atoms with Gasteiger partial charge in [0.1, 0.15) is 0 Å². The van der Waals surface area contributed by atoms with Crippen molar-refractivity contribution in [2.45, 2.75) is 32.6 Å². The Hall–Kier alpha value is -0.0800. The minimum atomic E-state index is 0.317. The zero-order chi connectivity index (χ0) is 8.16. The van der Waals surface area contributed by atoms with Crippen LogP contribution in [0.4, 0.5) is 0 Å². The Balaban J connectivity index is 1.94. The summed E-state index contributed by atoms with van der Waals surface area (Å²) >= 11 is 0. The number of hydrogen-bond donors (Lipinski definition) is 1.